The summed E-state index contributed by atoms with van der Waals surface area (Å²) in [6, 6.07) is 0. The number of carbonyl (C=O) groups is 1. The molecule has 0 atom stereocenters. The lowest BCUT2D eigenvalue weighted by molar-refractivity contribution is -0.125. The molecule has 0 aromatic heterocycles. The van der Waals surface area contributed by atoms with E-state index in [1.807, 2.05) is 0 Å². The van der Waals surface area contributed by atoms with Gasteiger partial charge in [0.25, 0.3) is 0 Å². The Kier molecular flexibility index (Phi) is 3.71. The van der Waals surface area contributed by atoms with E-state index in [2.05, 4.69) is 12.7 Å². The molecule has 0 fully saturated rings. The molecule has 3 heteroatoms. The highest BCUT2D eigenvalue weighted by molar-refractivity contribution is 5.87. The van der Waals surface area contributed by atoms with E-state index in [0.717, 1.165) is 13.0 Å². The van der Waals surface area contributed by atoms with Gasteiger partial charge in [0.1, 0.15) is 0 Å². The van der Waals surface area contributed by atoms with Gasteiger partial charge in [-0.05, 0) is 18.1 Å². The van der Waals surface area contributed by atoms with Gasteiger partial charge in [0.2, 0.25) is 5.91 Å². The van der Waals surface area contributed by atoms with Crippen LogP contribution in [0.5, 0.6) is 0 Å². The van der Waals surface area contributed by atoms with Gasteiger partial charge in [0.05, 0.1) is 6.61 Å². The summed E-state index contributed by atoms with van der Waals surface area (Å²) in [5, 5.41) is 0. The van der Waals surface area contributed by atoms with Gasteiger partial charge in [-0.25, -0.2) is 0 Å². The topological polar surface area (TPSA) is 29.5 Å². The highest BCUT2D eigenvalue weighted by Crippen LogP contribution is 2.10. The Labute approximate surface area is 78.7 Å². The molecular weight excluding hydrogens is 166 g/mol. The molecule has 0 saturated carbocycles. The molecule has 1 aliphatic heterocycles. The van der Waals surface area contributed by atoms with Crippen molar-refractivity contribution in [1.82, 2.24) is 4.90 Å². The van der Waals surface area contributed by atoms with Crippen LogP contribution in [0.15, 0.2) is 24.3 Å². The van der Waals surface area contributed by atoms with Gasteiger partial charge >= 0.3 is 0 Å². The van der Waals surface area contributed by atoms with Crippen molar-refractivity contribution in [2.24, 2.45) is 0 Å². The normalized spacial score (nSPS) is 16.7. The minimum Gasteiger partial charge on any atom is -0.380 e. The maximum atomic E-state index is 11.2. The van der Waals surface area contributed by atoms with Crippen LogP contribution in [0, 0.1) is 0 Å². The summed E-state index contributed by atoms with van der Waals surface area (Å²) in [5.41, 5.74) is 1.27. The van der Waals surface area contributed by atoms with Crippen LogP contribution in [-0.2, 0) is 9.53 Å². The molecule has 0 aliphatic carbocycles. The minimum atomic E-state index is 0.00715. The third-order valence-electron chi connectivity index (χ3n) is 2.12. The molecule has 0 aromatic rings. The molecule has 3 nitrogen and oxygen atoms in total. The van der Waals surface area contributed by atoms with E-state index in [0.29, 0.717) is 13.2 Å². The fraction of sp³-hybridized carbons (Fsp3) is 0.500. The van der Waals surface area contributed by atoms with Gasteiger partial charge in [-0.2, -0.15) is 0 Å². The van der Waals surface area contributed by atoms with Gasteiger partial charge in [-0.1, -0.05) is 12.7 Å². The quantitative estimate of drug-likeness (QED) is 0.480. The molecule has 0 unspecified atom stereocenters. The number of nitrogens with zero attached hydrogens (tertiary/aromatic N) is 1. The average Bonchev–Trinajstić information content (AvgIpc) is 2.18. The van der Waals surface area contributed by atoms with Gasteiger partial charge in [0, 0.05) is 20.2 Å². The molecule has 0 aromatic carbocycles. The molecule has 0 bridgehead atoms. The average molecular weight is 181 g/mol. The predicted molar refractivity (Wildman–Crippen MR) is 51.4 cm³/mol. The summed E-state index contributed by atoms with van der Waals surface area (Å²) in [4.78, 5) is 12.9. The molecule has 0 saturated heterocycles. The number of rotatable bonds is 3. The van der Waals surface area contributed by atoms with Crippen LogP contribution in [0.3, 0.4) is 0 Å². The van der Waals surface area contributed by atoms with E-state index in [-0.39, 0.29) is 5.91 Å². The number of hydrogen-bond donors (Lipinski definition) is 0. The Balaban J connectivity index is 2.45. The van der Waals surface area contributed by atoms with Crippen LogP contribution in [-0.4, -0.2) is 37.6 Å². The van der Waals surface area contributed by atoms with E-state index in [1.165, 1.54) is 11.6 Å². The van der Waals surface area contributed by atoms with E-state index >= 15 is 0 Å². The van der Waals surface area contributed by atoms with Crippen LogP contribution >= 0.6 is 0 Å². The molecule has 0 radical (unpaired) electrons. The Bertz CT molecular complexity index is 233. The second-order valence-corrected chi connectivity index (χ2v) is 3.03. The monoisotopic (exact) mass is 181 g/mol. The van der Waals surface area contributed by atoms with Crippen molar-refractivity contribution in [3.05, 3.63) is 24.3 Å². The smallest absolute Gasteiger partial charge is 0.246 e. The fourth-order valence-corrected chi connectivity index (χ4v) is 1.36. The van der Waals surface area contributed by atoms with Crippen LogP contribution in [0.25, 0.3) is 0 Å². The van der Waals surface area contributed by atoms with Crippen molar-refractivity contribution in [1.29, 1.82) is 0 Å². The summed E-state index contributed by atoms with van der Waals surface area (Å²) in [6.07, 6.45) is 4.32. The fourth-order valence-electron chi connectivity index (χ4n) is 1.36. The zero-order valence-electron chi connectivity index (χ0n) is 7.95. The first-order chi connectivity index (χ1) is 6.27. The summed E-state index contributed by atoms with van der Waals surface area (Å²) in [7, 11) is 1.68. The van der Waals surface area contributed by atoms with Crippen molar-refractivity contribution in [3.8, 4) is 0 Å². The molecule has 1 rings (SSSR count). The summed E-state index contributed by atoms with van der Waals surface area (Å²) < 4.78 is 5.01. The summed E-state index contributed by atoms with van der Waals surface area (Å²) >= 11 is 0. The van der Waals surface area contributed by atoms with Crippen molar-refractivity contribution < 1.29 is 9.53 Å². The largest absolute Gasteiger partial charge is 0.380 e. The molecule has 0 N–H and O–H groups in total. The first-order valence-electron chi connectivity index (χ1n) is 4.36. The first kappa shape index (κ1) is 9.99. The Hall–Kier alpha value is -1.09. The molecule has 1 amide bonds. The molecule has 13 heavy (non-hydrogen) atoms. The number of ether oxygens (including phenoxy) is 1. The predicted octanol–water partition coefficient (Wildman–Crippen LogP) is 0.977. The van der Waals surface area contributed by atoms with Gasteiger partial charge in [-0.15, -0.1) is 0 Å². The number of carbonyl (C=O) groups excluding carboxylic acids is 1. The van der Waals surface area contributed by atoms with Gasteiger partial charge in [0.15, 0.2) is 0 Å². The molecule has 1 heterocycles. The number of hydrogen-bond acceptors (Lipinski definition) is 2. The minimum absolute atomic E-state index is 0.00715. The maximum Gasteiger partial charge on any atom is 0.246 e. The van der Waals surface area contributed by atoms with Crippen molar-refractivity contribution in [2.75, 3.05) is 26.8 Å². The number of methoxy groups -OCH3 is 1. The lowest BCUT2D eigenvalue weighted by atomic mass is 10.1. The Morgan fingerprint density at radius 2 is 2.62 bits per heavy atom. The van der Waals surface area contributed by atoms with Crippen LogP contribution in [0.4, 0.5) is 0 Å². The van der Waals surface area contributed by atoms with Crippen LogP contribution in [0.2, 0.25) is 0 Å². The highest BCUT2D eigenvalue weighted by atomic mass is 16.5. The zero-order valence-corrected chi connectivity index (χ0v) is 7.95. The van der Waals surface area contributed by atoms with Gasteiger partial charge in [-0.3, -0.25) is 4.79 Å². The lowest BCUT2D eigenvalue weighted by Crippen LogP contribution is -2.33. The van der Waals surface area contributed by atoms with E-state index in [4.69, 9.17) is 4.74 Å². The zero-order chi connectivity index (χ0) is 9.68. The lowest BCUT2D eigenvalue weighted by Gasteiger charge is -2.25. The van der Waals surface area contributed by atoms with Crippen molar-refractivity contribution >= 4 is 5.91 Å². The van der Waals surface area contributed by atoms with E-state index < -0.39 is 0 Å². The molecule has 0 spiro atoms. The molecule has 1 aliphatic rings. The van der Waals surface area contributed by atoms with E-state index in [1.54, 1.807) is 12.0 Å². The molecular formula is C10H15NO2. The van der Waals surface area contributed by atoms with Crippen LogP contribution in [0.1, 0.15) is 6.42 Å². The summed E-state index contributed by atoms with van der Waals surface area (Å²) in [6.45, 7) is 5.59. The van der Waals surface area contributed by atoms with Crippen LogP contribution < -0.4 is 0 Å². The van der Waals surface area contributed by atoms with Crippen molar-refractivity contribution in [2.45, 2.75) is 6.42 Å². The third-order valence-corrected chi connectivity index (χ3v) is 2.12. The second kappa shape index (κ2) is 4.82. The standard InChI is InChI=1S/C10H15NO2/c1-3-10(12)11-6-4-9(5-7-11)8-13-2/h3-4H,1,5-8H2,2H3. The first-order valence-corrected chi connectivity index (χ1v) is 4.36. The SMILES string of the molecule is C=CC(=O)N1CC=C(COC)CC1. The van der Waals surface area contributed by atoms with Crippen molar-refractivity contribution in [3.63, 3.8) is 0 Å². The van der Waals surface area contributed by atoms with Gasteiger partial charge < -0.3 is 9.64 Å². The van der Waals surface area contributed by atoms with E-state index in [9.17, 15) is 4.79 Å². The second-order valence-electron chi connectivity index (χ2n) is 3.03. The number of amides is 1. The third kappa shape index (κ3) is 2.70. The molecule has 72 valence electrons. The maximum absolute atomic E-state index is 11.2. The Morgan fingerprint density at radius 3 is 3.08 bits per heavy atom. The highest BCUT2D eigenvalue weighted by Gasteiger charge is 2.13. The summed E-state index contributed by atoms with van der Waals surface area (Å²) in [5.74, 6) is 0.00715. The Morgan fingerprint density at radius 1 is 1.85 bits per heavy atom.